The van der Waals surface area contributed by atoms with Gasteiger partial charge in [0.15, 0.2) is 0 Å². The number of hydrogen-bond acceptors (Lipinski definition) is 3. The third-order valence-corrected chi connectivity index (χ3v) is 6.74. The van der Waals surface area contributed by atoms with Crippen molar-refractivity contribution < 1.29 is 5.11 Å². The molecule has 0 aliphatic heterocycles. The second-order valence-electron chi connectivity index (χ2n) is 9.77. The van der Waals surface area contributed by atoms with Gasteiger partial charge in [-0.3, -0.25) is 0 Å². The van der Waals surface area contributed by atoms with Crippen LogP contribution < -0.4 is 5.73 Å². The predicted molar refractivity (Wildman–Crippen MR) is 145 cm³/mol. The molecule has 180 valence electrons. The second-order valence-corrected chi connectivity index (χ2v) is 9.77. The summed E-state index contributed by atoms with van der Waals surface area (Å²) in [5, 5.41) is 11.9. The van der Waals surface area contributed by atoms with E-state index in [4.69, 9.17) is 5.73 Å². The Morgan fingerprint density at radius 3 is 1.40 bits per heavy atom. The molecule has 0 saturated carbocycles. The minimum atomic E-state index is -1.06. The van der Waals surface area contributed by atoms with Crippen molar-refractivity contribution in [2.24, 2.45) is 5.73 Å². The summed E-state index contributed by atoms with van der Waals surface area (Å²) in [4.78, 5) is 2.27. The second kappa shape index (κ2) is 11.5. The zero-order valence-corrected chi connectivity index (χ0v) is 20.6. The first kappa shape index (κ1) is 24.9. The highest BCUT2D eigenvalue weighted by Gasteiger charge is 2.33. The van der Waals surface area contributed by atoms with Gasteiger partial charge in [-0.1, -0.05) is 121 Å². The van der Waals surface area contributed by atoms with E-state index < -0.39 is 11.1 Å². The standard InChI is InChI=1S/C32H36N2O/c1-34(23-22-32(35,29-18-10-4-11-19-29)30-20-12-5-13-21-30)26-31(33,24-27-14-6-2-7-15-27)25-28-16-8-3-9-17-28/h2-21,35H,22-26,33H2,1H3. The SMILES string of the molecule is CN(CCC(O)(c1ccccc1)c1ccccc1)CC(N)(Cc1ccccc1)Cc1ccccc1. The topological polar surface area (TPSA) is 49.5 Å². The van der Waals surface area contributed by atoms with Gasteiger partial charge in [-0.25, -0.2) is 0 Å². The quantitative estimate of drug-likeness (QED) is 0.311. The van der Waals surface area contributed by atoms with Crippen LogP contribution in [0.25, 0.3) is 0 Å². The van der Waals surface area contributed by atoms with Gasteiger partial charge < -0.3 is 15.7 Å². The highest BCUT2D eigenvalue weighted by Crippen LogP contribution is 2.33. The number of nitrogens with zero attached hydrogens (tertiary/aromatic N) is 1. The molecule has 0 aliphatic rings. The van der Waals surface area contributed by atoms with Crippen LogP contribution in [0.3, 0.4) is 0 Å². The van der Waals surface area contributed by atoms with Crippen LogP contribution in [0.15, 0.2) is 121 Å². The molecule has 3 nitrogen and oxygen atoms in total. The molecule has 0 heterocycles. The maximum absolute atomic E-state index is 11.9. The lowest BCUT2D eigenvalue weighted by Crippen LogP contribution is -2.53. The first-order valence-corrected chi connectivity index (χ1v) is 12.4. The van der Waals surface area contributed by atoms with Crippen molar-refractivity contribution >= 4 is 0 Å². The van der Waals surface area contributed by atoms with Crippen molar-refractivity contribution in [2.45, 2.75) is 30.4 Å². The molecule has 4 rings (SSSR count). The number of rotatable bonds is 11. The zero-order valence-electron chi connectivity index (χ0n) is 20.6. The minimum Gasteiger partial charge on any atom is -0.380 e. The van der Waals surface area contributed by atoms with E-state index in [1.807, 2.05) is 72.8 Å². The van der Waals surface area contributed by atoms with Gasteiger partial charge in [0.05, 0.1) is 0 Å². The molecule has 0 atom stereocenters. The molecule has 0 bridgehead atoms. The van der Waals surface area contributed by atoms with Crippen LogP contribution in [0.2, 0.25) is 0 Å². The summed E-state index contributed by atoms with van der Waals surface area (Å²) < 4.78 is 0. The summed E-state index contributed by atoms with van der Waals surface area (Å²) in [5.41, 5.74) is 9.92. The van der Waals surface area contributed by atoms with Gasteiger partial charge in [0.25, 0.3) is 0 Å². The third-order valence-electron chi connectivity index (χ3n) is 6.74. The molecule has 3 N–H and O–H groups in total. The number of aliphatic hydroxyl groups is 1. The van der Waals surface area contributed by atoms with Crippen LogP contribution in [0.1, 0.15) is 28.7 Å². The molecule has 0 aliphatic carbocycles. The Labute approximate surface area is 209 Å². The highest BCUT2D eigenvalue weighted by atomic mass is 16.3. The van der Waals surface area contributed by atoms with Gasteiger partial charge in [-0.2, -0.15) is 0 Å². The Morgan fingerprint density at radius 1 is 0.629 bits per heavy atom. The van der Waals surface area contributed by atoms with Crippen LogP contribution >= 0.6 is 0 Å². The molecule has 0 amide bonds. The summed E-state index contributed by atoms with van der Waals surface area (Å²) in [6, 6.07) is 40.9. The van der Waals surface area contributed by atoms with Crippen molar-refractivity contribution in [1.82, 2.24) is 4.90 Å². The van der Waals surface area contributed by atoms with Gasteiger partial charge in [0, 0.05) is 18.6 Å². The highest BCUT2D eigenvalue weighted by molar-refractivity contribution is 5.36. The van der Waals surface area contributed by atoms with Crippen molar-refractivity contribution in [2.75, 3.05) is 20.1 Å². The molecule has 0 spiro atoms. The summed E-state index contributed by atoms with van der Waals surface area (Å²) in [7, 11) is 2.11. The number of benzene rings is 4. The first-order chi connectivity index (χ1) is 17.0. The smallest absolute Gasteiger partial charge is 0.116 e. The number of nitrogens with two attached hydrogens (primary N) is 1. The molecule has 35 heavy (non-hydrogen) atoms. The summed E-state index contributed by atoms with van der Waals surface area (Å²) in [6.45, 7) is 1.43. The predicted octanol–water partition coefficient (Wildman–Crippen LogP) is 5.43. The molecule has 0 aromatic heterocycles. The van der Waals surface area contributed by atoms with Crippen LogP contribution in [0, 0.1) is 0 Å². The largest absolute Gasteiger partial charge is 0.380 e. The Morgan fingerprint density at radius 2 is 1.00 bits per heavy atom. The van der Waals surface area contributed by atoms with Crippen LogP contribution in [-0.2, 0) is 18.4 Å². The van der Waals surface area contributed by atoms with E-state index in [0.29, 0.717) is 13.0 Å². The average Bonchev–Trinajstić information content (AvgIpc) is 2.89. The third kappa shape index (κ3) is 6.67. The van der Waals surface area contributed by atoms with Crippen molar-refractivity contribution in [3.8, 4) is 0 Å². The van der Waals surface area contributed by atoms with Gasteiger partial charge in [-0.15, -0.1) is 0 Å². The van der Waals surface area contributed by atoms with Crippen LogP contribution in [0.4, 0.5) is 0 Å². The molecule has 4 aromatic rings. The molecular weight excluding hydrogens is 428 g/mol. The van der Waals surface area contributed by atoms with Gasteiger partial charge >= 0.3 is 0 Å². The maximum Gasteiger partial charge on any atom is 0.116 e. The lowest BCUT2D eigenvalue weighted by Gasteiger charge is -2.36. The van der Waals surface area contributed by atoms with E-state index in [2.05, 4.69) is 60.5 Å². The molecule has 0 saturated heterocycles. The minimum absolute atomic E-state index is 0.435. The van der Waals surface area contributed by atoms with Crippen LogP contribution in [-0.4, -0.2) is 35.7 Å². The van der Waals surface area contributed by atoms with Crippen molar-refractivity contribution in [1.29, 1.82) is 0 Å². The van der Waals surface area contributed by atoms with E-state index in [-0.39, 0.29) is 0 Å². The van der Waals surface area contributed by atoms with Crippen molar-refractivity contribution in [3.05, 3.63) is 144 Å². The molecular formula is C32H36N2O. The summed E-state index contributed by atoms with van der Waals surface area (Å²) in [6.07, 6.45) is 2.15. The molecule has 3 heteroatoms. The van der Waals surface area contributed by atoms with Gasteiger partial charge in [0.2, 0.25) is 0 Å². The van der Waals surface area contributed by atoms with E-state index >= 15 is 0 Å². The fraction of sp³-hybridized carbons (Fsp3) is 0.250. The lowest BCUT2D eigenvalue weighted by atomic mass is 9.82. The van der Waals surface area contributed by atoms with Crippen molar-refractivity contribution in [3.63, 3.8) is 0 Å². The normalized spacial score (nSPS) is 12.1. The Balaban J connectivity index is 1.52. The van der Waals surface area contributed by atoms with Gasteiger partial charge in [0.1, 0.15) is 5.60 Å². The Bertz CT molecular complexity index is 1070. The lowest BCUT2D eigenvalue weighted by molar-refractivity contribution is 0.0577. The fourth-order valence-electron chi connectivity index (χ4n) is 5.03. The zero-order chi connectivity index (χ0) is 24.6. The Hall–Kier alpha value is -3.24. The first-order valence-electron chi connectivity index (χ1n) is 12.4. The van der Waals surface area contributed by atoms with E-state index in [1.54, 1.807) is 0 Å². The molecule has 4 aromatic carbocycles. The monoisotopic (exact) mass is 464 g/mol. The summed E-state index contributed by atoms with van der Waals surface area (Å²) in [5.74, 6) is 0. The van der Waals surface area contributed by atoms with E-state index in [1.165, 1.54) is 11.1 Å². The van der Waals surface area contributed by atoms with Crippen LogP contribution in [0.5, 0.6) is 0 Å². The van der Waals surface area contributed by atoms with E-state index in [0.717, 1.165) is 30.5 Å². The molecule has 0 fully saturated rings. The average molecular weight is 465 g/mol. The molecule has 0 unspecified atom stereocenters. The number of likely N-dealkylation sites (N-methyl/N-ethyl adjacent to an activating group) is 1. The Kier molecular flexibility index (Phi) is 8.14. The number of hydrogen-bond donors (Lipinski definition) is 2. The molecule has 0 radical (unpaired) electrons. The van der Waals surface area contributed by atoms with E-state index in [9.17, 15) is 5.11 Å². The maximum atomic E-state index is 11.9. The fourth-order valence-corrected chi connectivity index (χ4v) is 5.03. The van der Waals surface area contributed by atoms with Gasteiger partial charge in [-0.05, 0) is 48.6 Å². The summed E-state index contributed by atoms with van der Waals surface area (Å²) >= 11 is 0.